The van der Waals surface area contributed by atoms with E-state index >= 15 is 0 Å². The highest BCUT2D eigenvalue weighted by atomic mass is 32.2. The van der Waals surface area contributed by atoms with Crippen LogP contribution in [-0.2, 0) is 10.0 Å². The Hall–Kier alpha value is -1.53. The van der Waals surface area contributed by atoms with Gasteiger partial charge >= 0.3 is 0 Å². The highest BCUT2D eigenvalue weighted by Crippen LogP contribution is 2.39. The summed E-state index contributed by atoms with van der Waals surface area (Å²) in [4.78, 5) is 5.76. The average Bonchev–Trinajstić information content (AvgIpc) is 3.22. The molecule has 0 amide bonds. The van der Waals surface area contributed by atoms with Crippen LogP contribution in [0, 0.1) is 0 Å². The van der Waals surface area contributed by atoms with Crippen LogP contribution in [0.25, 0.3) is 10.9 Å². The zero-order valence-corrected chi connectivity index (χ0v) is 16.8. The maximum absolute atomic E-state index is 12.1. The van der Waals surface area contributed by atoms with Gasteiger partial charge in [-0.1, -0.05) is 12.8 Å². The maximum atomic E-state index is 12.1. The fraction of sp³-hybridized carbons (Fsp3) is 0.600. The van der Waals surface area contributed by atoms with Crippen LogP contribution >= 0.6 is 0 Å². The third-order valence-corrected chi connectivity index (χ3v) is 7.54. The topological polar surface area (TPSA) is 56.4 Å². The van der Waals surface area contributed by atoms with Crippen molar-refractivity contribution < 1.29 is 8.42 Å². The molecule has 0 spiro atoms. The number of hydrogen-bond donors (Lipinski definition) is 1. The first-order chi connectivity index (χ1) is 12.3. The number of sulfonamides is 1. The number of rotatable bonds is 3. The van der Waals surface area contributed by atoms with Crippen molar-refractivity contribution in [2.75, 3.05) is 30.8 Å². The highest BCUT2D eigenvalue weighted by Gasteiger charge is 2.39. The van der Waals surface area contributed by atoms with Crippen LogP contribution in [0.4, 0.5) is 5.69 Å². The molecule has 1 saturated heterocycles. The van der Waals surface area contributed by atoms with E-state index in [2.05, 4.69) is 28.1 Å². The number of piperazine rings is 1. The summed E-state index contributed by atoms with van der Waals surface area (Å²) in [6.45, 7) is 6.01. The number of fused-ring (bicyclic) bond motifs is 1. The molecule has 0 atom stereocenters. The third-order valence-electron chi connectivity index (χ3n) is 6.06. The summed E-state index contributed by atoms with van der Waals surface area (Å²) in [6, 6.07) is 6.81. The molecule has 0 bridgehead atoms. The van der Waals surface area contributed by atoms with Gasteiger partial charge in [0.25, 0.3) is 0 Å². The summed E-state index contributed by atoms with van der Waals surface area (Å²) in [5.74, 6) is 0.659. The number of benzene rings is 1. The molecule has 6 heteroatoms. The van der Waals surface area contributed by atoms with Crippen molar-refractivity contribution in [3.8, 4) is 0 Å². The van der Waals surface area contributed by atoms with Gasteiger partial charge in [-0.05, 0) is 56.4 Å². The van der Waals surface area contributed by atoms with Crippen LogP contribution in [0.15, 0.2) is 24.4 Å². The minimum atomic E-state index is -3.19. The van der Waals surface area contributed by atoms with Crippen LogP contribution in [-0.4, -0.2) is 49.1 Å². The number of nitrogens with one attached hydrogen (secondary N) is 1. The van der Waals surface area contributed by atoms with Crippen LogP contribution < -0.4 is 4.90 Å². The minimum absolute atomic E-state index is 0.419. The summed E-state index contributed by atoms with van der Waals surface area (Å²) in [5, 5.41) is 1.23. The fourth-order valence-electron chi connectivity index (χ4n) is 4.89. The molecule has 1 N–H and O–H groups in total. The van der Waals surface area contributed by atoms with E-state index in [0.717, 1.165) is 6.54 Å². The number of anilines is 1. The van der Waals surface area contributed by atoms with E-state index in [9.17, 15) is 8.42 Å². The van der Waals surface area contributed by atoms with Gasteiger partial charge in [0.1, 0.15) is 0 Å². The van der Waals surface area contributed by atoms with Crippen LogP contribution in [0.2, 0.25) is 0 Å². The van der Waals surface area contributed by atoms with Crippen molar-refractivity contribution >= 4 is 26.6 Å². The summed E-state index contributed by atoms with van der Waals surface area (Å²) in [7, 11) is -3.19. The van der Waals surface area contributed by atoms with Gasteiger partial charge in [-0.25, -0.2) is 8.42 Å². The van der Waals surface area contributed by atoms with E-state index in [1.165, 1.54) is 54.1 Å². The van der Waals surface area contributed by atoms with Crippen molar-refractivity contribution in [2.24, 2.45) is 0 Å². The lowest BCUT2D eigenvalue weighted by molar-refractivity contribution is 0.206. The molecular formula is C20H29N3O2S. The van der Waals surface area contributed by atoms with Crippen LogP contribution in [0.5, 0.6) is 0 Å². The second-order valence-corrected chi connectivity index (χ2v) is 10.4. The molecule has 4 rings (SSSR count). The molecule has 1 saturated carbocycles. The second-order valence-electron chi connectivity index (χ2n) is 8.53. The standard InChI is InChI=1S/C20H29N3O2S/c1-20(2)14-22(10-11-23(20)26(3,24)25)19-13-16(15-6-4-5-7-15)12-18-17(19)8-9-21-18/h8-9,12-13,15,21H,4-7,10-11,14H2,1-3H3. The van der Waals surface area contributed by atoms with Gasteiger partial charge in [0.2, 0.25) is 10.0 Å². The Labute approximate surface area is 156 Å². The Morgan fingerprint density at radius 2 is 1.88 bits per heavy atom. The van der Waals surface area contributed by atoms with Gasteiger partial charge in [-0.3, -0.25) is 0 Å². The van der Waals surface area contributed by atoms with Gasteiger partial charge in [0.15, 0.2) is 0 Å². The number of nitrogens with zero attached hydrogens (tertiary/aromatic N) is 2. The summed E-state index contributed by atoms with van der Waals surface area (Å²) in [6.07, 6.45) is 8.52. The quantitative estimate of drug-likeness (QED) is 0.890. The van der Waals surface area contributed by atoms with E-state index in [1.54, 1.807) is 4.31 Å². The lowest BCUT2D eigenvalue weighted by Crippen LogP contribution is -2.60. The summed E-state index contributed by atoms with van der Waals surface area (Å²) in [5.41, 5.74) is 3.44. The zero-order valence-electron chi connectivity index (χ0n) is 16.0. The molecule has 1 aromatic carbocycles. The lowest BCUT2D eigenvalue weighted by atomic mass is 9.94. The van der Waals surface area contributed by atoms with E-state index in [0.29, 0.717) is 19.0 Å². The fourth-order valence-corrected chi connectivity index (χ4v) is 6.25. The van der Waals surface area contributed by atoms with E-state index in [1.807, 2.05) is 20.0 Å². The number of hydrogen-bond acceptors (Lipinski definition) is 3. The van der Waals surface area contributed by atoms with Crippen molar-refractivity contribution in [1.29, 1.82) is 0 Å². The first-order valence-corrected chi connectivity index (χ1v) is 11.4. The molecule has 5 nitrogen and oxygen atoms in total. The monoisotopic (exact) mass is 375 g/mol. The Bertz CT molecular complexity index is 910. The van der Waals surface area contributed by atoms with E-state index in [4.69, 9.17) is 0 Å². The minimum Gasteiger partial charge on any atom is -0.368 e. The van der Waals surface area contributed by atoms with Crippen LogP contribution in [0.1, 0.15) is 51.0 Å². The highest BCUT2D eigenvalue weighted by molar-refractivity contribution is 7.88. The number of aromatic amines is 1. The van der Waals surface area contributed by atoms with Gasteiger partial charge in [-0.2, -0.15) is 4.31 Å². The van der Waals surface area contributed by atoms with Gasteiger partial charge < -0.3 is 9.88 Å². The summed E-state index contributed by atoms with van der Waals surface area (Å²) >= 11 is 0. The van der Waals surface area contributed by atoms with Crippen molar-refractivity contribution in [3.63, 3.8) is 0 Å². The molecule has 1 aliphatic carbocycles. The molecule has 1 aromatic heterocycles. The first-order valence-electron chi connectivity index (χ1n) is 9.59. The molecule has 2 heterocycles. The number of H-pyrrole nitrogens is 1. The summed E-state index contributed by atoms with van der Waals surface area (Å²) < 4.78 is 25.9. The molecule has 1 aliphatic heterocycles. The van der Waals surface area contributed by atoms with Crippen molar-refractivity contribution in [2.45, 2.75) is 51.0 Å². The Morgan fingerprint density at radius 1 is 1.15 bits per heavy atom. The van der Waals surface area contributed by atoms with Crippen molar-refractivity contribution in [1.82, 2.24) is 9.29 Å². The normalized spacial score (nSPS) is 22.3. The Balaban J connectivity index is 1.71. The molecule has 142 valence electrons. The first kappa shape index (κ1) is 17.9. The Morgan fingerprint density at radius 3 is 2.54 bits per heavy atom. The largest absolute Gasteiger partial charge is 0.368 e. The van der Waals surface area contributed by atoms with E-state index in [-0.39, 0.29) is 0 Å². The molecule has 0 radical (unpaired) electrons. The van der Waals surface area contributed by atoms with Gasteiger partial charge in [0, 0.05) is 48.0 Å². The Kier molecular flexibility index (Phi) is 4.31. The van der Waals surface area contributed by atoms with Crippen molar-refractivity contribution in [3.05, 3.63) is 30.0 Å². The number of aromatic nitrogens is 1. The molecular weight excluding hydrogens is 346 g/mol. The maximum Gasteiger partial charge on any atom is 0.211 e. The van der Waals surface area contributed by atoms with Gasteiger partial charge in [0.05, 0.1) is 6.26 Å². The average molecular weight is 376 g/mol. The SMILES string of the molecule is CC1(C)CN(c2cc(C3CCCC3)cc3[nH]ccc23)CCN1S(C)(=O)=O. The zero-order chi connectivity index (χ0) is 18.5. The molecule has 2 aromatic rings. The molecule has 0 unspecified atom stereocenters. The van der Waals surface area contributed by atoms with Crippen LogP contribution in [0.3, 0.4) is 0 Å². The van der Waals surface area contributed by atoms with Gasteiger partial charge in [-0.15, -0.1) is 0 Å². The smallest absolute Gasteiger partial charge is 0.211 e. The molecule has 26 heavy (non-hydrogen) atoms. The molecule has 2 fully saturated rings. The predicted molar refractivity (Wildman–Crippen MR) is 107 cm³/mol. The third kappa shape index (κ3) is 3.14. The lowest BCUT2D eigenvalue weighted by Gasteiger charge is -2.46. The van der Waals surface area contributed by atoms with E-state index < -0.39 is 15.6 Å². The molecule has 2 aliphatic rings. The second kappa shape index (κ2) is 6.27. The predicted octanol–water partition coefficient (Wildman–Crippen LogP) is 3.69.